The molecule has 2 rings (SSSR count). The largest absolute Gasteiger partial charge is 0.492 e. The van der Waals surface area contributed by atoms with Gasteiger partial charge in [-0.3, -0.25) is 9.10 Å². The van der Waals surface area contributed by atoms with E-state index in [2.05, 4.69) is 5.32 Å². The van der Waals surface area contributed by atoms with Gasteiger partial charge in [0.15, 0.2) is 0 Å². The minimum Gasteiger partial charge on any atom is -0.492 e. The Morgan fingerprint density at radius 2 is 1.77 bits per heavy atom. The number of anilines is 2. The van der Waals surface area contributed by atoms with Gasteiger partial charge in [-0.2, -0.15) is 0 Å². The van der Waals surface area contributed by atoms with Crippen molar-refractivity contribution in [3.63, 3.8) is 0 Å². The highest BCUT2D eigenvalue weighted by molar-refractivity contribution is 7.92. The Balaban J connectivity index is 2.30. The van der Waals surface area contributed by atoms with Gasteiger partial charge in [-0.05, 0) is 45.0 Å². The van der Waals surface area contributed by atoms with E-state index in [9.17, 15) is 13.2 Å². The van der Waals surface area contributed by atoms with Crippen molar-refractivity contribution in [1.82, 2.24) is 0 Å². The Kier molecular flexibility index (Phi) is 6.26. The molecule has 7 heteroatoms. The average molecular weight is 376 g/mol. The molecule has 0 aliphatic carbocycles. The molecular formula is C19H24N2O4S. The fourth-order valence-electron chi connectivity index (χ4n) is 2.59. The topological polar surface area (TPSA) is 75.7 Å². The van der Waals surface area contributed by atoms with E-state index in [1.54, 1.807) is 43.3 Å². The maximum absolute atomic E-state index is 12.7. The van der Waals surface area contributed by atoms with E-state index in [1.807, 2.05) is 26.0 Å². The second-order valence-electron chi connectivity index (χ2n) is 5.99. The van der Waals surface area contributed by atoms with Crippen molar-refractivity contribution in [2.75, 3.05) is 22.5 Å². The van der Waals surface area contributed by atoms with E-state index in [0.717, 1.165) is 16.1 Å². The summed E-state index contributed by atoms with van der Waals surface area (Å²) in [6.07, 6.45) is 1.09. The molecule has 0 fully saturated rings. The Bertz CT molecular complexity index is 863. The molecule has 0 spiro atoms. The number of carbonyl (C=O) groups is 1. The minimum absolute atomic E-state index is 0.442. The van der Waals surface area contributed by atoms with Gasteiger partial charge in [0, 0.05) is 0 Å². The number of para-hydroxylation sites is 2. The summed E-state index contributed by atoms with van der Waals surface area (Å²) < 4.78 is 31.2. The number of carbonyl (C=O) groups excluding carboxylic acids is 1. The van der Waals surface area contributed by atoms with Crippen molar-refractivity contribution < 1.29 is 17.9 Å². The maximum Gasteiger partial charge on any atom is 0.248 e. The van der Waals surface area contributed by atoms with Crippen LogP contribution in [-0.4, -0.2) is 33.2 Å². The van der Waals surface area contributed by atoms with Crippen molar-refractivity contribution in [2.45, 2.75) is 26.8 Å². The molecule has 2 aromatic carbocycles. The first-order valence-electron chi connectivity index (χ1n) is 8.32. The van der Waals surface area contributed by atoms with Crippen molar-refractivity contribution in [3.05, 3.63) is 54.1 Å². The number of nitrogens with zero attached hydrogens (tertiary/aromatic N) is 1. The lowest BCUT2D eigenvalue weighted by Crippen LogP contribution is -2.45. The van der Waals surface area contributed by atoms with Crippen LogP contribution < -0.4 is 14.4 Å². The summed E-state index contributed by atoms with van der Waals surface area (Å²) in [6, 6.07) is 13.1. The number of hydrogen-bond acceptors (Lipinski definition) is 4. The van der Waals surface area contributed by atoms with E-state index in [-0.39, 0.29) is 0 Å². The monoisotopic (exact) mass is 376 g/mol. The van der Waals surface area contributed by atoms with Gasteiger partial charge >= 0.3 is 0 Å². The molecule has 0 saturated heterocycles. The van der Waals surface area contributed by atoms with Crippen LogP contribution in [-0.2, 0) is 14.8 Å². The van der Waals surface area contributed by atoms with Gasteiger partial charge in [0.25, 0.3) is 0 Å². The van der Waals surface area contributed by atoms with Crippen LogP contribution in [0.15, 0.2) is 48.5 Å². The predicted octanol–water partition coefficient (Wildman–Crippen LogP) is 3.19. The molecule has 2 aromatic rings. The molecule has 0 bridgehead atoms. The summed E-state index contributed by atoms with van der Waals surface area (Å²) in [7, 11) is -3.65. The van der Waals surface area contributed by atoms with Gasteiger partial charge in [-0.15, -0.1) is 0 Å². The average Bonchev–Trinajstić information content (AvgIpc) is 2.57. The molecule has 26 heavy (non-hydrogen) atoms. The molecule has 1 N–H and O–H groups in total. The normalized spacial score (nSPS) is 12.3. The molecular weight excluding hydrogens is 352 g/mol. The first-order chi connectivity index (χ1) is 12.2. The predicted molar refractivity (Wildman–Crippen MR) is 104 cm³/mol. The number of nitrogens with one attached hydrogen (secondary N) is 1. The van der Waals surface area contributed by atoms with Crippen LogP contribution in [0, 0.1) is 6.92 Å². The third kappa shape index (κ3) is 4.76. The molecule has 140 valence electrons. The third-order valence-electron chi connectivity index (χ3n) is 3.82. The van der Waals surface area contributed by atoms with E-state index in [4.69, 9.17) is 4.74 Å². The van der Waals surface area contributed by atoms with Crippen LogP contribution in [0.25, 0.3) is 0 Å². The molecule has 0 heterocycles. The molecule has 0 saturated carbocycles. The lowest BCUT2D eigenvalue weighted by molar-refractivity contribution is -0.116. The number of sulfonamides is 1. The van der Waals surface area contributed by atoms with Crippen molar-refractivity contribution in [1.29, 1.82) is 0 Å². The van der Waals surface area contributed by atoms with E-state index in [1.165, 1.54) is 0 Å². The first kappa shape index (κ1) is 19.8. The quantitative estimate of drug-likeness (QED) is 0.805. The number of amides is 1. The zero-order chi connectivity index (χ0) is 19.3. The zero-order valence-electron chi connectivity index (χ0n) is 15.4. The number of hydrogen-bond donors (Lipinski definition) is 1. The number of aryl methyl sites for hydroxylation is 1. The highest BCUT2D eigenvalue weighted by atomic mass is 32.2. The highest BCUT2D eigenvalue weighted by Crippen LogP contribution is 2.26. The second kappa shape index (κ2) is 8.23. The zero-order valence-corrected chi connectivity index (χ0v) is 16.2. The number of ether oxygens (including phenoxy) is 1. The molecule has 6 nitrogen and oxygen atoms in total. The second-order valence-corrected chi connectivity index (χ2v) is 7.85. The van der Waals surface area contributed by atoms with Crippen molar-refractivity contribution >= 4 is 27.3 Å². The van der Waals surface area contributed by atoms with Gasteiger partial charge in [0.05, 0.1) is 24.2 Å². The molecule has 0 unspecified atom stereocenters. The Morgan fingerprint density at radius 1 is 1.15 bits per heavy atom. The lowest BCUT2D eigenvalue weighted by Gasteiger charge is -2.28. The van der Waals surface area contributed by atoms with Crippen molar-refractivity contribution in [2.24, 2.45) is 0 Å². The molecule has 1 atom stereocenters. The van der Waals surface area contributed by atoms with Crippen LogP contribution in [0.5, 0.6) is 5.75 Å². The smallest absolute Gasteiger partial charge is 0.248 e. The Hall–Kier alpha value is -2.54. The van der Waals surface area contributed by atoms with Crippen LogP contribution >= 0.6 is 0 Å². The van der Waals surface area contributed by atoms with E-state index < -0.39 is 22.0 Å². The molecule has 0 aliphatic rings. The van der Waals surface area contributed by atoms with Crippen molar-refractivity contribution in [3.8, 4) is 5.75 Å². The summed E-state index contributed by atoms with van der Waals surface area (Å²) in [6.45, 7) is 5.78. The van der Waals surface area contributed by atoms with Crippen LogP contribution in [0.1, 0.15) is 19.4 Å². The Labute approximate surface area is 154 Å². The molecule has 0 aromatic heterocycles. The number of rotatable bonds is 7. The summed E-state index contributed by atoms with van der Waals surface area (Å²) >= 11 is 0. The van der Waals surface area contributed by atoms with Gasteiger partial charge in [0.1, 0.15) is 11.8 Å². The summed E-state index contributed by atoms with van der Waals surface area (Å²) in [5, 5.41) is 2.76. The summed E-state index contributed by atoms with van der Waals surface area (Å²) in [5.41, 5.74) is 1.95. The Morgan fingerprint density at radius 3 is 2.35 bits per heavy atom. The van der Waals surface area contributed by atoms with E-state index >= 15 is 0 Å². The van der Waals surface area contributed by atoms with Crippen LogP contribution in [0.2, 0.25) is 0 Å². The molecule has 0 aliphatic heterocycles. The minimum atomic E-state index is -3.65. The van der Waals surface area contributed by atoms with Gasteiger partial charge < -0.3 is 10.1 Å². The fraction of sp³-hybridized carbons (Fsp3) is 0.316. The maximum atomic E-state index is 12.7. The molecule has 0 radical (unpaired) electrons. The highest BCUT2D eigenvalue weighted by Gasteiger charge is 2.29. The van der Waals surface area contributed by atoms with Gasteiger partial charge in [0.2, 0.25) is 15.9 Å². The van der Waals surface area contributed by atoms with E-state index in [0.29, 0.717) is 23.7 Å². The fourth-order valence-corrected chi connectivity index (χ4v) is 3.76. The number of benzene rings is 2. The van der Waals surface area contributed by atoms with Crippen LogP contribution in [0.3, 0.4) is 0 Å². The van der Waals surface area contributed by atoms with Gasteiger partial charge in [-0.25, -0.2) is 8.42 Å². The molecule has 1 amide bonds. The standard InChI is InChI=1S/C19H24N2O4S/c1-5-25-18-9-7-6-8-17(18)20-19(22)15(3)21(26(4,23)24)16-12-10-14(2)11-13-16/h6-13,15H,5H2,1-4H3,(H,20,22)/t15-/m0/s1. The first-order valence-corrected chi connectivity index (χ1v) is 10.2. The third-order valence-corrected chi connectivity index (χ3v) is 5.06. The van der Waals surface area contributed by atoms with Gasteiger partial charge in [-0.1, -0.05) is 29.8 Å². The summed E-state index contributed by atoms with van der Waals surface area (Å²) in [4.78, 5) is 12.7. The summed E-state index contributed by atoms with van der Waals surface area (Å²) in [5.74, 6) is 0.0972. The lowest BCUT2D eigenvalue weighted by atomic mass is 10.2. The SMILES string of the molecule is CCOc1ccccc1NC(=O)[C@H](C)N(c1ccc(C)cc1)S(C)(=O)=O. The van der Waals surface area contributed by atoms with Crippen LogP contribution in [0.4, 0.5) is 11.4 Å².